The third kappa shape index (κ3) is 6.48. The first kappa shape index (κ1) is 27.7. The zero-order valence-corrected chi connectivity index (χ0v) is 21.1. The van der Waals surface area contributed by atoms with Gasteiger partial charge in [-0.2, -0.15) is 26.3 Å². The second-order valence-corrected chi connectivity index (χ2v) is 9.17. The van der Waals surface area contributed by atoms with E-state index < -0.39 is 23.5 Å². The summed E-state index contributed by atoms with van der Waals surface area (Å²) in [7, 11) is 0. The third-order valence-corrected chi connectivity index (χ3v) is 6.27. The van der Waals surface area contributed by atoms with Gasteiger partial charge in [-0.05, 0) is 65.7 Å². The fraction of sp³-hybridized carbons (Fsp3) is 0.138. The molecule has 0 atom stereocenters. The molecule has 2 N–H and O–H groups in total. The van der Waals surface area contributed by atoms with E-state index in [1.807, 2.05) is 24.3 Å². The number of alkyl halides is 6. The van der Waals surface area contributed by atoms with Crippen molar-refractivity contribution < 1.29 is 31.1 Å². The van der Waals surface area contributed by atoms with E-state index in [1.54, 1.807) is 22.9 Å². The van der Waals surface area contributed by atoms with Crippen molar-refractivity contribution >= 4 is 28.3 Å². The van der Waals surface area contributed by atoms with Crippen molar-refractivity contribution in [2.45, 2.75) is 25.3 Å². The highest BCUT2D eigenvalue weighted by Crippen LogP contribution is 2.31. The summed E-state index contributed by atoms with van der Waals surface area (Å²) in [5, 5.41) is 14.7. The van der Waals surface area contributed by atoms with E-state index >= 15 is 0 Å². The van der Waals surface area contributed by atoms with Crippen molar-refractivity contribution in [3.8, 4) is 5.82 Å². The summed E-state index contributed by atoms with van der Waals surface area (Å²) in [6.45, 7) is -0.0553. The van der Waals surface area contributed by atoms with Crippen molar-refractivity contribution in [1.82, 2.24) is 20.1 Å². The van der Waals surface area contributed by atoms with Gasteiger partial charge in [-0.25, -0.2) is 0 Å². The van der Waals surface area contributed by atoms with Gasteiger partial charge in [-0.3, -0.25) is 9.36 Å². The predicted octanol–water partition coefficient (Wildman–Crippen LogP) is 7.06. The zero-order valence-electron chi connectivity index (χ0n) is 21.1. The van der Waals surface area contributed by atoms with Gasteiger partial charge in [0.15, 0.2) is 11.6 Å². The van der Waals surface area contributed by atoms with Crippen LogP contribution < -0.4 is 10.6 Å². The number of halogens is 6. The van der Waals surface area contributed by atoms with Crippen molar-refractivity contribution in [2.24, 2.45) is 0 Å². The van der Waals surface area contributed by atoms with Crippen molar-refractivity contribution in [2.75, 3.05) is 5.32 Å². The minimum atomic E-state index is -4.47. The smallest absolute Gasteiger partial charge is 0.352 e. The molecule has 0 fully saturated rings. The van der Waals surface area contributed by atoms with Gasteiger partial charge in [0, 0.05) is 23.8 Å². The number of carbonyl (C=O) groups is 1. The van der Waals surface area contributed by atoms with E-state index in [2.05, 4.69) is 20.8 Å². The molecule has 1 amide bonds. The molecular weight excluding hydrogens is 548 g/mol. The third-order valence-electron chi connectivity index (χ3n) is 6.27. The minimum absolute atomic E-state index is 0.0204. The molecule has 0 saturated heterocycles. The molecule has 3 aromatic carbocycles. The summed E-state index contributed by atoms with van der Waals surface area (Å²) in [4.78, 5) is 12.7. The van der Waals surface area contributed by atoms with Gasteiger partial charge in [-0.1, -0.05) is 30.3 Å². The fourth-order valence-electron chi connectivity index (χ4n) is 4.29. The molecular formula is C29H21F6N5O. The van der Waals surface area contributed by atoms with E-state index in [0.717, 1.165) is 35.2 Å². The number of amides is 1. The highest BCUT2D eigenvalue weighted by Gasteiger charge is 2.31. The molecule has 0 saturated carbocycles. The Kier molecular flexibility index (Phi) is 7.40. The Hall–Kier alpha value is -4.87. The normalized spacial score (nSPS) is 12.0. The molecule has 0 aliphatic carbocycles. The molecule has 5 rings (SSSR count). The molecule has 0 bridgehead atoms. The Morgan fingerprint density at radius 1 is 0.780 bits per heavy atom. The lowest BCUT2D eigenvalue weighted by Crippen LogP contribution is -2.24. The summed E-state index contributed by atoms with van der Waals surface area (Å²) in [6.07, 6.45) is -7.18. The number of fused-ring (bicyclic) bond motifs is 1. The van der Waals surface area contributed by atoms with Crippen LogP contribution in [-0.4, -0.2) is 20.7 Å². The van der Waals surface area contributed by atoms with Crippen LogP contribution in [0.2, 0.25) is 0 Å². The summed E-state index contributed by atoms with van der Waals surface area (Å²) in [5.74, 6) is 0.390. The Morgan fingerprint density at radius 2 is 1.51 bits per heavy atom. The van der Waals surface area contributed by atoms with Crippen LogP contribution in [0.4, 0.5) is 37.8 Å². The number of nitrogens with one attached hydrogen (secondary N) is 2. The number of benzene rings is 3. The predicted molar refractivity (Wildman–Crippen MR) is 141 cm³/mol. The monoisotopic (exact) mass is 569 g/mol. The van der Waals surface area contributed by atoms with Crippen LogP contribution >= 0.6 is 0 Å². The van der Waals surface area contributed by atoms with Crippen molar-refractivity contribution in [1.29, 1.82) is 0 Å². The first-order chi connectivity index (χ1) is 19.5. The summed E-state index contributed by atoms with van der Waals surface area (Å²) >= 11 is 0. The number of aromatic nitrogens is 3. The molecule has 0 aliphatic rings. The largest absolute Gasteiger partial charge is 0.416 e. The Labute approximate surface area is 229 Å². The van der Waals surface area contributed by atoms with Crippen LogP contribution in [-0.2, 0) is 30.1 Å². The molecule has 2 aromatic heterocycles. The van der Waals surface area contributed by atoms with Gasteiger partial charge >= 0.3 is 12.4 Å². The van der Waals surface area contributed by atoms with Crippen LogP contribution in [0.3, 0.4) is 0 Å². The summed E-state index contributed by atoms with van der Waals surface area (Å²) in [6, 6.07) is 19.9. The molecule has 6 nitrogen and oxygen atoms in total. The van der Waals surface area contributed by atoms with Gasteiger partial charge in [-0.15, -0.1) is 10.2 Å². The van der Waals surface area contributed by atoms with Crippen LogP contribution in [0.5, 0.6) is 0 Å². The van der Waals surface area contributed by atoms with Gasteiger partial charge < -0.3 is 10.6 Å². The van der Waals surface area contributed by atoms with Gasteiger partial charge in [0.05, 0.1) is 23.1 Å². The standard InChI is InChI=1S/C29H21F6N5O/c30-28(31,32)20-8-10-22(11-9-20)37-25-12-13-26(39-38-25)40-17-19(23-6-1-2-7-24(23)40)15-27(41)36-16-18-4-3-5-21(14-18)29(33,34)35/h1-14,17H,15-16H2,(H,36,41)(H,37,38). The lowest BCUT2D eigenvalue weighted by Gasteiger charge is -2.09. The highest BCUT2D eigenvalue weighted by atomic mass is 19.4. The average Bonchev–Trinajstić information content (AvgIpc) is 3.30. The second-order valence-electron chi connectivity index (χ2n) is 9.17. The molecule has 0 spiro atoms. The number of rotatable bonds is 7. The van der Waals surface area contributed by atoms with Crippen LogP contribution in [0, 0.1) is 0 Å². The summed E-state index contributed by atoms with van der Waals surface area (Å²) < 4.78 is 79.1. The minimum Gasteiger partial charge on any atom is -0.352 e. The highest BCUT2D eigenvalue weighted by molar-refractivity contribution is 5.90. The number of anilines is 2. The van der Waals surface area contributed by atoms with E-state index in [-0.39, 0.29) is 18.9 Å². The zero-order chi connectivity index (χ0) is 29.2. The van der Waals surface area contributed by atoms with Crippen LogP contribution in [0.15, 0.2) is 91.1 Å². The maximum absolute atomic E-state index is 13.0. The fourth-order valence-corrected chi connectivity index (χ4v) is 4.29. The molecule has 5 aromatic rings. The Bertz CT molecular complexity index is 1680. The molecule has 12 heteroatoms. The number of para-hydroxylation sites is 1. The number of carbonyl (C=O) groups excluding carboxylic acids is 1. The molecule has 0 aliphatic heterocycles. The Morgan fingerprint density at radius 3 is 2.20 bits per heavy atom. The average molecular weight is 570 g/mol. The molecule has 210 valence electrons. The first-order valence-electron chi connectivity index (χ1n) is 12.3. The second kappa shape index (κ2) is 11.0. The van der Waals surface area contributed by atoms with Crippen LogP contribution in [0.1, 0.15) is 22.3 Å². The molecule has 41 heavy (non-hydrogen) atoms. The van der Waals surface area contributed by atoms with E-state index in [4.69, 9.17) is 0 Å². The van der Waals surface area contributed by atoms with E-state index in [0.29, 0.717) is 28.5 Å². The number of nitrogens with zero attached hydrogens (tertiary/aromatic N) is 3. The van der Waals surface area contributed by atoms with E-state index in [1.165, 1.54) is 24.3 Å². The Balaban J connectivity index is 1.29. The first-order valence-corrected chi connectivity index (χ1v) is 12.3. The molecule has 0 unspecified atom stereocenters. The van der Waals surface area contributed by atoms with Crippen LogP contribution in [0.25, 0.3) is 16.7 Å². The lowest BCUT2D eigenvalue weighted by molar-refractivity contribution is -0.138. The quantitative estimate of drug-likeness (QED) is 0.206. The SMILES string of the molecule is O=C(Cc1cn(-c2ccc(Nc3ccc(C(F)(F)F)cc3)nn2)c2ccccc12)NCc1cccc(C(F)(F)F)c1. The molecule has 2 heterocycles. The topological polar surface area (TPSA) is 71.8 Å². The maximum atomic E-state index is 13.0. The van der Waals surface area contributed by atoms with Crippen molar-refractivity contribution in [3.63, 3.8) is 0 Å². The number of hydrogen-bond acceptors (Lipinski definition) is 4. The summed E-state index contributed by atoms with van der Waals surface area (Å²) in [5.41, 5.74) is 0.626. The van der Waals surface area contributed by atoms with Gasteiger partial charge in [0.25, 0.3) is 0 Å². The van der Waals surface area contributed by atoms with Crippen molar-refractivity contribution in [3.05, 3.63) is 113 Å². The number of hydrogen-bond donors (Lipinski definition) is 2. The van der Waals surface area contributed by atoms with Gasteiger partial charge in [0.2, 0.25) is 5.91 Å². The molecule has 0 radical (unpaired) electrons. The van der Waals surface area contributed by atoms with Gasteiger partial charge in [0.1, 0.15) is 0 Å². The lowest BCUT2D eigenvalue weighted by atomic mass is 10.1. The maximum Gasteiger partial charge on any atom is 0.416 e. The van der Waals surface area contributed by atoms with E-state index in [9.17, 15) is 31.1 Å².